The van der Waals surface area contributed by atoms with Gasteiger partial charge in [-0.15, -0.1) is 0 Å². The van der Waals surface area contributed by atoms with Crippen molar-refractivity contribution in [3.63, 3.8) is 0 Å². The summed E-state index contributed by atoms with van der Waals surface area (Å²) < 4.78 is 12.5. The summed E-state index contributed by atoms with van der Waals surface area (Å²) in [7, 11) is 1.68. The third-order valence-corrected chi connectivity index (χ3v) is 3.17. The van der Waals surface area contributed by atoms with E-state index >= 15 is 0 Å². The van der Waals surface area contributed by atoms with Gasteiger partial charge in [-0.2, -0.15) is 0 Å². The molecule has 0 fully saturated rings. The third kappa shape index (κ3) is 5.72. The standard InChI is InChI=1S/C14H27N3O2/c1-12(2)14(15)13-10-16-11-17(13)6-4-5-7-19-9-8-18-3/h10-12,14H,4-9,15H2,1-3H3. The molecule has 2 N–H and O–H groups in total. The molecule has 0 amide bonds. The van der Waals surface area contributed by atoms with Crippen LogP contribution in [0, 0.1) is 5.92 Å². The van der Waals surface area contributed by atoms with Crippen molar-refractivity contribution < 1.29 is 9.47 Å². The Hall–Kier alpha value is -0.910. The Labute approximate surface area is 116 Å². The zero-order valence-electron chi connectivity index (χ0n) is 12.3. The topological polar surface area (TPSA) is 62.3 Å². The summed E-state index contributed by atoms with van der Waals surface area (Å²) in [6.07, 6.45) is 5.85. The van der Waals surface area contributed by atoms with Crippen LogP contribution < -0.4 is 5.73 Å². The van der Waals surface area contributed by atoms with Gasteiger partial charge in [-0.25, -0.2) is 4.98 Å². The largest absolute Gasteiger partial charge is 0.382 e. The predicted molar refractivity (Wildman–Crippen MR) is 75.9 cm³/mol. The predicted octanol–water partition coefficient (Wildman–Crippen LogP) is 1.98. The maximum atomic E-state index is 6.17. The van der Waals surface area contributed by atoms with E-state index in [0.29, 0.717) is 19.1 Å². The number of imidazole rings is 1. The van der Waals surface area contributed by atoms with E-state index in [1.165, 1.54) is 0 Å². The first-order valence-corrected chi connectivity index (χ1v) is 6.99. The Morgan fingerprint density at radius 2 is 2.05 bits per heavy atom. The summed E-state index contributed by atoms with van der Waals surface area (Å²) in [5.41, 5.74) is 7.29. The second-order valence-electron chi connectivity index (χ2n) is 5.09. The Kier molecular flexibility index (Phi) is 7.70. The van der Waals surface area contributed by atoms with Crippen LogP contribution in [0.4, 0.5) is 0 Å². The van der Waals surface area contributed by atoms with Crippen molar-refractivity contribution in [1.29, 1.82) is 0 Å². The summed E-state index contributed by atoms with van der Waals surface area (Å²) in [5, 5.41) is 0. The van der Waals surface area contributed by atoms with Crippen LogP contribution in [0.25, 0.3) is 0 Å². The van der Waals surface area contributed by atoms with Gasteiger partial charge in [-0.3, -0.25) is 0 Å². The number of ether oxygens (including phenoxy) is 2. The lowest BCUT2D eigenvalue weighted by molar-refractivity contribution is 0.0684. The van der Waals surface area contributed by atoms with Crippen LogP contribution in [-0.4, -0.2) is 36.5 Å². The maximum absolute atomic E-state index is 6.17. The highest BCUT2D eigenvalue weighted by molar-refractivity contribution is 5.05. The van der Waals surface area contributed by atoms with Gasteiger partial charge >= 0.3 is 0 Å². The van der Waals surface area contributed by atoms with Gasteiger partial charge < -0.3 is 19.8 Å². The van der Waals surface area contributed by atoms with Gasteiger partial charge in [0.2, 0.25) is 0 Å². The molecule has 0 spiro atoms. The quantitative estimate of drug-likeness (QED) is 0.660. The van der Waals surface area contributed by atoms with Crippen molar-refractivity contribution in [2.45, 2.75) is 39.3 Å². The number of hydrogen-bond acceptors (Lipinski definition) is 4. The zero-order chi connectivity index (χ0) is 14.1. The summed E-state index contributed by atoms with van der Waals surface area (Å²) in [6, 6.07) is 0.0560. The molecule has 5 heteroatoms. The van der Waals surface area contributed by atoms with Crippen LogP contribution in [0.15, 0.2) is 12.5 Å². The van der Waals surface area contributed by atoms with Gasteiger partial charge in [-0.05, 0) is 18.8 Å². The maximum Gasteiger partial charge on any atom is 0.0948 e. The van der Waals surface area contributed by atoms with Gasteiger partial charge in [-0.1, -0.05) is 13.8 Å². The Morgan fingerprint density at radius 1 is 1.26 bits per heavy atom. The van der Waals surface area contributed by atoms with E-state index in [9.17, 15) is 0 Å². The molecule has 1 heterocycles. The number of nitrogens with two attached hydrogens (primary N) is 1. The lowest BCUT2D eigenvalue weighted by atomic mass is 10.0. The van der Waals surface area contributed by atoms with Crippen LogP contribution in [0.5, 0.6) is 0 Å². The van der Waals surface area contributed by atoms with E-state index in [-0.39, 0.29) is 6.04 Å². The molecule has 19 heavy (non-hydrogen) atoms. The fraction of sp³-hybridized carbons (Fsp3) is 0.786. The fourth-order valence-corrected chi connectivity index (χ4v) is 1.87. The van der Waals surface area contributed by atoms with E-state index in [1.54, 1.807) is 7.11 Å². The number of methoxy groups -OCH3 is 1. The van der Waals surface area contributed by atoms with E-state index in [4.69, 9.17) is 15.2 Å². The van der Waals surface area contributed by atoms with Crippen molar-refractivity contribution in [2.75, 3.05) is 26.9 Å². The molecule has 0 aromatic carbocycles. The van der Waals surface area contributed by atoms with Gasteiger partial charge in [0.15, 0.2) is 0 Å². The monoisotopic (exact) mass is 269 g/mol. The molecular formula is C14H27N3O2. The fourth-order valence-electron chi connectivity index (χ4n) is 1.87. The van der Waals surface area contributed by atoms with Crippen molar-refractivity contribution in [3.8, 4) is 0 Å². The molecule has 1 aromatic rings. The molecule has 0 radical (unpaired) electrons. The summed E-state index contributed by atoms with van der Waals surface area (Å²) in [4.78, 5) is 4.20. The normalized spacial score (nSPS) is 13.1. The molecule has 1 atom stereocenters. The molecule has 110 valence electrons. The van der Waals surface area contributed by atoms with E-state index in [1.807, 2.05) is 12.5 Å². The first-order chi connectivity index (χ1) is 9.16. The third-order valence-electron chi connectivity index (χ3n) is 3.17. The van der Waals surface area contributed by atoms with Crippen molar-refractivity contribution in [1.82, 2.24) is 9.55 Å². The SMILES string of the molecule is COCCOCCCCn1cncc1C(N)C(C)C. The van der Waals surface area contributed by atoms with Crippen LogP contribution in [0.2, 0.25) is 0 Å². The van der Waals surface area contributed by atoms with Crippen molar-refractivity contribution >= 4 is 0 Å². The van der Waals surface area contributed by atoms with Crippen LogP contribution in [0.1, 0.15) is 38.4 Å². The number of hydrogen-bond donors (Lipinski definition) is 1. The van der Waals surface area contributed by atoms with Crippen LogP contribution >= 0.6 is 0 Å². The van der Waals surface area contributed by atoms with Crippen molar-refractivity contribution in [3.05, 3.63) is 18.2 Å². The summed E-state index contributed by atoms with van der Waals surface area (Å²) >= 11 is 0. The van der Waals surface area contributed by atoms with Gasteiger partial charge in [0.25, 0.3) is 0 Å². The molecule has 0 aliphatic carbocycles. The minimum Gasteiger partial charge on any atom is -0.382 e. The minimum absolute atomic E-state index is 0.0560. The average molecular weight is 269 g/mol. The first kappa shape index (κ1) is 16.1. The molecule has 1 aromatic heterocycles. The van der Waals surface area contributed by atoms with Crippen LogP contribution in [-0.2, 0) is 16.0 Å². The lowest BCUT2D eigenvalue weighted by Crippen LogP contribution is -2.20. The number of rotatable bonds is 10. The highest BCUT2D eigenvalue weighted by Crippen LogP contribution is 2.18. The smallest absolute Gasteiger partial charge is 0.0948 e. The van der Waals surface area contributed by atoms with Gasteiger partial charge in [0.05, 0.1) is 25.2 Å². The molecule has 0 aliphatic heterocycles. The molecule has 1 rings (SSSR count). The molecule has 5 nitrogen and oxygen atoms in total. The van der Waals surface area contributed by atoms with Gasteiger partial charge in [0.1, 0.15) is 0 Å². The number of unbranched alkanes of at least 4 members (excludes halogenated alkanes) is 1. The first-order valence-electron chi connectivity index (χ1n) is 6.99. The van der Waals surface area contributed by atoms with E-state index < -0.39 is 0 Å². The lowest BCUT2D eigenvalue weighted by Gasteiger charge is -2.17. The van der Waals surface area contributed by atoms with E-state index in [0.717, 1.165) is 31.7 Å². The number of aromatic nitrogens is 2. The zero-order valence-corrected chi connectivity index (χ0v) is 12.3. The minimum atomic E-state index is 0.0560. The van der Waals surface area contributed by atoms with Gasteiger partial charge in [0, 0.05) is 32.5 Å². The number of nitrogens with zero attached hydrogens (tertiary/aromatic N) is 2. The molecule has 0 saturated carbocycles. The second kappa shape index (κ2) is 9.07. The van der Waals surface area contributed by atoms with Crippen molar-refractivity contribution in [2.24, 2.45) is 11.7 Å². The molecule has 0 bridgehead atoms. The Balaban J connectivity index is 2.24. The highest BCUT2D eigenvalue weighted by Gasteiger charge is 2.14. The number of aryl methyl sites for hydroxylation is 1. The summed E-state index contributed by atoms with van der Waals surface area (Å²) in [5.74, 6) is 0.424. The summed E-state index contributed by atoms with van der Waals surface area (Å²) in [6.45, 7) is 7.32. The van der Waals surface area contributed by atoms with Crippen LogP contribution in [0.3, 0.4) is 0 Å². The molecule has 0 aliphatic rings. The highest BCUT2D eigenvalue weighted by atomic mass is 16.5. The average Bonchev–Trinajstić information content (AvgIpc) is 2.85. The Morgan fingerprint density at radius 3 is 2.74 bits per heavy atom. The van der Waals surface area contributed by atoms with E-state index in [2.05, 4.69) is 23.4 Å². The Bertz CT molecular complexity index is 339. The molecule has 0 saturated heterocycles. The second-order valence-corrected chi connectivity index (χ2v) is 5.09. The molecular weight excluding hydrogens is 242 g/mol. The molecule has 1 unspecified atom stereocenters.